The molecule has 2 heterocycles. The first-order chi connectivity index (χ1) is 11.9. The molecule has 1 spiro atoms. The van der Waals surface area contributed by atoms with Crippen LogP contribution in [-0.4, -0.2) is 57.4 Å². The van der Waals surface area contributed by atoms with Gasteiger partial charge in [-0.1, -0.05) is 6.92 Å². The lowest BCUT2D eigenvalue weighted by molar-refractivity contribution is 0.00642. The summed E-state index contributed by atoms with van der Waals surface area (Å²) in [5.74, 6) is 0. The Balaban J connectivity index is 2.06. The molecule has 1 amide bonds. The molecule has 3 atom stereocenters. The first kappa shape index (κ1) is 21.6. The average molecular weight is 389 g/mol. The van der Waals surface area contributed by atoms with Gasteiger partial charge in [0.2, 0.25) is 0 Å². The first-order valence-corrected chi connectivity index (χ1v) is 10.8. The number of piperidine rings is 1. The van der Waals surface area contributed by atoms with Crippen LogP contribution in [-0.2, 0) is 20.5 Å². The number of hydrogen-bond donors (Lipinski definition) is 1. The standard InChI is InChI=1S/C19H36N2O4S/c1-8-14-15(20-26(23)18(5,6)7)19(13-24-14)9-11-21(12-10-19)16(22)25-17(2,3)4/h14-15,20H,8-13H2,1-7H3/t14-,15+,26-/m0/s1. The van der Waals surface area contributed by atoms with Gasteiger partial charge in [0.15, 0.2) is 0 Å². The summed E-state index contributed by atoms with van der Waals surface area (Å²) in [6.45, 7) is 15.6. The Kier molecular flexibility index (Phi) is 6.46. The number of rotatable bonds is 3. The van der Waals surface area contributed by atoms with Crippen LogP contribution in [0.5, 0.6) is 0 Å². The summed E-state index contributed by atoms with van der Waals surface area (Å²) in [4.78, 5) is 14.1. The van der Waals surface area contributed by atoms with E-state index in [0.717, 1.165) is 19.3 Å². The highest BCUT2D eigenvalue weighted by Gasteiger charge is 2.52. The minimum Gasteiger partial charge on any atom is -0.444 e. The normalized spacial score (nSPS) is 27.6. The maximum atomic E-state index is 12.7. The largest absolute Gasteiger partial charge is 0.444 e. The third-order valence-corrected chi connectivity index (χ3v) is 6.80. The highest BCUT2D eigenvalue weighted by atomic mass is 32.2. The summed E-state index contributed by atoms with van der Waals surface area (Å²) in [5, 5.41) is 0. The molecule has 2 saturated heterocycles. The number of carbonyl (C=O) groups excluding carboxylic acids is 1. The molecule has 2 fully saturated rings. The summed E-state index contributed by atoms with van der Waals surface area (Å²) in [7, 11) is -1.14. The van der Waals surface area contributed by atoms with Crippen molar-refractivity contribution in [2.24, 2.45) is 5.41 Å². The van der Waals surface area contributed by atoms with Crippen LogP contribution in [0.25, 0.3) is 0 Å². The van der Waals surface area contributed by atoms with Crippen LogP contribution in [0.2, 0.25) is 0 Å². The SMILES string of the molecule is CC[C@@H]1OCC2(CCN(C(=O)OC(C)(C)C)CC2)[C@@H]1N[S@@](=O)C(C)(C)C. The summed E-state index contributed by atoms with van der Waals surface area (Å²) in [6.07, 6.45) is 2.37. The molecule has 7 heteroatoms. The third-order valence-electron chi connectivity index (χ3n) is 5.22. The topological polar surface area (TPSA) is 67.9 Å². The Bertz CT molecular complexity index is 531. The van der Waals surface area contributed by atoms with Crippen LogP contribution in [0.1, 0.15) is 67.7 Å². The van der Waals surface area contributed by atoms with Crippen LogP contribution in [0.3, 0.4) is 0 Å². The minimum absolute atomic E-state index is 0.0494. The highest BCUT2D eigenvalue weighted by Crippen LogP contribution is 2.43. The number of hydrogen-bond acceptors (Lipinski definition) is 4. The van der Waals surface area contributed by atoms with E-state index in [2.05, 4.69) is 11.6 Å². The number of nitrogens with one attached hydrogen (secondary N) is 1. The molecule has 2 aliphatic rings. The smallest absolute Gasteiger partial charge is 0.410 e. The first-order valence-electron chi connectivity index (χ1n) is 9.65. The molecule has 0 aromatic rings. The predicted octanol–water partition coefficient (Wildman–Crippen LogP) is 3.23. The number of ether oxygens (including phenoxy) is 2. The van der Waals surface area contributed by atoms with E-state index in [9.17, 15) is 9.00 Å². The summed E-state index contributed by atoms with van der Waals surface area (Å²) < 4.78 is 27.3. The zero-order chi connectivity index (χ0) is 19.8. The van der Waals surface area contributed by atoms with Crippen molar-refractivity contribution in [1.82, 2.24) is 9.62 Å². The van der Waals surface area contributed by atoms with Gasteiger partial charge in [0.05, 0.1) is 34.5 Å². The van der Waals surface area contributed by atoms with E-state index in [1.165, 1.54) is 0 Å². The van der Waals surface area contributed by atoms with Gasteiger partial charge in [0.25, 0.3) is 0 Å². The Morgan fingerprint density at radius 2 is 1.81 bits per heavy atom. The van der Waals surface area contributed by atoms with E-state index >= 15 is 0 Å². The van der Waals surface area contributed by atoms with E-state index in [1.54, 1.807) is 4.90 Å². The fraction of sp³-hybridized carbons (Fsp3) is 0.947. The van der Waals surface area contributed by atoms with E-state index in [0.29, 0.717) is 19.7 Å². The van der Waals surface area contributed by atoms with Gasteiger partial charge in [-0.2, -0.15) is 0 Å². The molecular weight excluding hydrogens is 352 g/mol. The Hall–Kier alpha value is -0.660. The lowest BCUT2D eigenvalue weighted by atomic mass is 9.73. The summed E-state index contributed by atoms with van der Waals surface area (Å²) >= 11 is 0. The molecule has 2 rings (SSSR count). The van der Waals surface area contributed by atoms with Crippen molar-refractivity contribution in [2.75, 3.05) is 19.7 Å². The van der Waals surface area contributed by atoms with E-state index in [-0.39, 0.29) is 28.4 Å². The molecule has 0 aliphatic carbocycles. The van der Waals surface area contributed by atoms with Gasteiger partial charge in [-0.25, -0.2) is 13.7 Å². The second kappa shape index (κ2) is 7.76. The molecule has 2 aliphatic heterocycles. The average Bonchev–Trinajstić information content (AvgIpc) is 2.83. The summed E-state index contributed by atoms with van der Waals surface area (Å²) in [5.41, 5.74) is -0.552. The van der Waals surface area contributed by atoms with Gasteiger partial charge in [0.1, 0.15) is 5.60 Å². The fourth-order valence-electron chi connectivity index (χ4n) is 3.62. The highest BCUT2D eigenvalue weighted by molar-refractivity contribution is 7.84. The number of nitrogens with zero attached hydrogens (tertiary/aromatic N) is 1. The van der Waals surface area contributed by atoms with Gasteiger partial charge >= 0.3 is 6.09 Å². The van der Waals surface area contributed by atoms with Crippen molar-refractivity contribution in [3.05, 3.63) is 0 Å². The number of carbonyl (C=O) groups is 1. The molecule has 0 radical (unpaired) electrons. The van der Waals surface area contributed by atoms with Crippen LogP contribution in [0.15, 0.2) is 0 Å². The second-order valence-corrected chi connectivity index (χ2v) is 11.6. The van der Waals surface area contributed by atoms with Gasteiger partial charge in [0, 0.05) is 18.5 Å². The van der Waals surface area contributed by atoms with Crippen molar-refractivity contribution >= 4 is 17.1 Å². The minimum atomic E-state index is -1.14. The van der Waals surface area contributed by atoms with Crippen LogP contribution in [0.4, 0.5) is 4.79 Å². The van der Waals surface area contributed by atoms with Crippen LogP contribution in [0, 0.1) is 5.41 Å². The van der Waals surface area contributed by atoms with Crippen molar-refractivity contribution < 1.29 is 18.5 Å². The van der Waals surface area contributed by atoms with Gasteiger partial charge in [-0.05, 0) is 60.8 Å². The third kappa shape index (κ3) is 4.98. The fourth-order valence-corrected chi connectivity index (χ4v) is 4.60. The van der Waals surface area contributed by atoms with E-state index in [4.69, 9.17) is 9.47 Å². The van der Waals surface area contributed by atoms with Crippen LogP contribution >= 0.6 is 0 Å². The molecule has 152 valence electrons. The van der Waals surface area contributed by atoms with Gasteiger partial charge in [-0.15, -0.1) is 0 Å². The lowest BCUT2D eigenvalue weighted by Gasteiger charge is -2.43. The van der Waals surface area contributed by atoms with Gasteiger partial charge in [-0.3, -0.25) is 0 Å². The summed E-state index contributed by atoms with van der Waals surface area (Å²) in [6, 6.07) is 0.0494. The predicted molar refractivity (Wildman–Crippen MR) is 104 cm³/mol. The molecule has 0 unspecified atom stereocenters. The maximum Gasteiger partial charge on any atom is 0.410 e. The monoisotopic (exact) mass is 388 g/mol. The molecular formula is C19H36N2O4S. The van der Waals surface area contributed by atoms with E-state index in [1.807, 2.05) is 41.5 Å². The molecule has 0 bridgehead atoms. The molecule has 0 aromatic heterocycles. The molecule has 0 saturated carbocycles. The van der Waals surface area contributed by atoms with Crippen LogP contribution < -0.4 is 4.72 Å². The zero-order valence-electron chi connectivity index (χ0n) is 17.4. The second-order valence-electron chi connectivity index (χ2n) is 9.56. The van der Waals surface area contributed by atoms with Crippen molar-refractivity contribution in [3.63, 3.8) is 0 Å². The lowest BCUT2D eigenvalue weighted by Crippen LogP contribution is -2.56. The Morgan fingerprint density at radius 3 is 2.27 bits per heavy atom. The van der Waals surface area contributed by atoms with Crippen molar-refractivity contribution in [3.8, 4) is 0 Å². The van der Waals surface area contributed by atoms with E-state index < -0.39 is 16.6 Å². The molecule has 6 nitrogen and oxygen atoms in total. The number of likely N-dealkylation sites (tertiary alicyclic amines) is 1. The Labute approximate surface area is 161 Å². The number of amides is 1. The maximum absolute atomic E-state index is 12.7. The molecule has 1 N–H and O–H groups in total. The quantitative estimate of drug-likeness (QED) is 0.806. The van der Waals surface area contributed by atoms with Crippen molar-refractivity contribution in [2.45, 2.75) is 90.2 Å². The van der Waals surface area contributed by atoms with Crippen molar-refractivity contribution in [1.29, 1.82) is 0 Å². The molecule has 0 aromatic carbocycles. The zero-order valence-corrected chi connectivity index (χ0v) is 18.2. The Morgan fingerprint density at radius 1 is 1.23 bits per heavy atom. The van der Waals surface area contributed by atoms with Gasteiger partial charge < -0.3 is 14.4 Å². The molecule has 26 heavy (non-hydrogen) atoms.